The van der Waals surface area contributed by atoms with Crippen LogP contribution in [-0.2, 0) is 0 Å². The molecule has 0 saturated carbocycles. The summed E-state index contributed by atoms with van der Waals surface area (Å²) < 4.78 is 0. The largest absolute Gasteiger partial charge is 0.378 e. The highest BCUT2D eigenvalue weighted by atomic mass is 16.3. The average molecular weight is 199 g/mol. The van der Waals surface area contributed by atoms with Crippen molar-refractivity contribution in [1.82, 2.24) is 4.98 Å². The summed E-state index contributed by atoms with van der Waals surface area (Å²) in [5, 5.41) is 9.30. The molecule has 0 bridgehead atoms. The van der Waals surface area contributed by atoms with E-state index < -0.39 is 5.60 Å². The molecule has 0 atom stereocenters. The predicted octanol–water partition coefficient (Wildman–Crippen LogP) is 1.52. The lowest BCUT2D eigenvalue weighted by atomic mass is 10.1. The molecule has 0 unspecified atom stereocenters. The molecule has 0 aliphatic rings. The Balaban J connectivity index is 2.74. The van der Waals surface area contributed by atoms with Crippen LogP contribution in [0, 0.1) is 30.6 Å². The van der Waals surface area contributed by atoms with Crippen LogP contribution < -0.4 is 0 Å². The zero-order valence-electron chi connectivity index (χ0n) is 9.13. The van der Waals surface area contributed by atoms with Gasteiger partial charge in [0.2, 0.25) is 0 Å². The first-order chi connectivity index (χ1) is 6.97. The highest BCUT2D eigenvalue weighted by molar-refractivity contribution is 5.39. The highest BCUT2D eigenvalue weighted by Gasteiger charge is 2.04. The minimum absolute atomic E-state index is 0.825. The predicted molar refractivity (Wildman–Crippen MR) is 59.9 cm³/mol. The van der Waals surface area contributed by atoms with Gasteiger partial charge in [0.1, 0.15) is 5.60 Å². The fourth-order valence-corrected chi connectivity index (χ4v) is 0.829. The van der Waals surface area contributed by atoms with Crippen molar-refractivity contribution >= 4 is 0 Å². The zero-order chi connectivity index (χ0) is 11.3. The summed E-state index contributed by atoms with van der Waals surface area (Å²) >= 11 is 0. The zero-order valence-corrected chi connectivity index (χ0v) is 9.13. The van der Waals surface area contributed by atoms with Crippen molar-refractivity contribution in [3.63, 3.8) is 0 Å². The van der Waals surface area contributed by atoms with E-state index in [0.29, 0.717) is 0 Å². The van der Waals surface area contributed by atoms with Crippen molar-refractivity contribution in [3.05, 3.63) is 29.6 Å². The fourth-order valence-electron chi connectivity index (χ4n) is 0.829. The SMILES string of the molecule is Cc1ccc(C#CC#CC(C)(C)O)cn1. The van der Waals surface area contributed by atoms with E-state index in [1.807, 2.05) is 19.1 Å². The van der Waals surface area contributed by atoms with Gasteiger partial charge in [-0.05, 0) is 44.7 Å². The van der Waals surface area contributed by atoms with Gasteiger partial charge in [-0.1, -0.05) is 11.8 Å². The minimum Gasteiger partial charge on any atom is -0.378 e. The van der Waals surface area contributed by atoms with Crippen LogP contribution in [-0.4, -0.2) is 15.7 Å². The Morgan fingerprint density at radius 3 is 2.53 bits per heavy atom. The van der Waals surface area contributed by atoms with Gasteiger partial charge in [-0.25, -0.2) is 0 Å². The summed E-state index contributed by atoms with van der Waals surface area (Å²) in [6.45, 7) is 5.16. The van der Waals surface area contributed by atoms with Crippen molar-refractivity contribution in [2.75, 3.05) is 0 Å². The van der Waals surface area contributed by atoms with Crippen LogP contribution >= 0.6 is 0 Å². The summed E-state index contributed by atoms with van der Waals surface area (Å²) in [7, 11) is 0. The molecule has 0 fully saturated rings. The summed E-state index contributed by atoms with van der Waals surface area (Å²) in [5.41, 5.74) is 0.800. The lowest BCUT2D eigenvalue weighted by molar-refractivity contribution is 0.143. The third kappa shape index (κ3) is 4.86. The topological polar surface area (TPSA) is 33.1 Å². The number of rotatable bonds is 0. The number of hydrogen-bond donors (Lipinski definition) is 1. The molecule has 1 rings (SSSR count). The van der Waals surface area contributed by atoms with Gasteiger partial charge in [0.15, 0.2) is 0 Å². The number of aryl methyl sites for hydroxylation is 1. The Labute approximate surface area is 90.4 Å². The second kappa shape index (κ2) is 4.64. The molecular formula is C13H13NO. The molecule has 1 heterocycles. The first-order valence-corrected chi connectivity index (χ1v) is 4.65. The van der Waals surface area contributed by atoms with E-state index in [4.69, 9.17) is 0 Å². The Bertz CT molecular complexity index is 444. The van der Waals surface area contributed by atoms with Gasteiger partial charge in [-0.15, -0.1) is 0 Å². The molecule has 2 nitrogen and oxygen atoms in total. The quantitative estimate of drug-likeness (QED) is 0.642. The van der Waals surface area contributed by atoms with E-state index >= 15 is 0 Å². The fraction of sp³-hybridized carbons (Fsp3) is 0.308. The van der Waals surface area contributed by atoms with Crippen molar-refractivity contribution in [2.45, 2.75) is 26.4 Å². The van der Waals surface area contributed by atoms with Gasteiger partial charge in [0.05, 0.1) is 0 Å². The summed E-state index contributed by atoms with van der Waals surface area (Å²) in [6, 6.07) is 3.79. The van der Waals surface area contributed by atoms with Gasteiger partial charge >= 0.3 is 0 Å². The number of aromatic nitrogens is 1. The Hall–Kier alpha value is -1.77. The van der Waals surface area contributed by atoms with Crippen molar-refractivity contribution < 1.29 is 5.11 Å². The van der Waals surface area contributed by atoms with E-state index in [1.54, 1.807) is 20.0 Å². The molecule has 1 N–H and O–H groups in total. The molecule has 2 heteroatoms. The first-order valence-electron chi connectivity index (χ1n) is 4.65. The second-order valence-corrected chi connectivity index (χ2v) is 3.75. The minimum atomic E-state index is -0.986. The van der Waals surface area contributed by atoms with Crippen molar-refractivity contribution in [2.24, 2.45) is 0 Å². The smallest absolute Gasteiger partial charge is 0.120 e. The van der Waals surface area contributed by atoms with E-state index in [2.05, 4.69) is 28.7 Å². The Morgan fingerprint density at radius 2 is 2.00 bits per heavy atom. The third-order valence-corrected chi connectivity index (χ3v) is 1.55. The molecule has 15 heavy (non-hydrogen) atoms. The summed E-state index contributed by atoms with van der Waals surface area (Å²) in [4.78, 5) is 4.11. The number of hydrogen-bond acceptors (Lipinski definition) is 2. The molecule has 76 valence electrons. The van der Waals surface area contributed by atoms with Crippen LogP contribution in [0.5, 0.6) is 0 Å². The Morgan fingerprint density at radius 1 is 1.27 bits per heavy atom. The number of aliphatic hydroxyl groups is 1. The second-order valence-electron chi connectivity index (χ2n) is 3.75. The molecule has 0 saturated heterocycles. The van der Waals surface area contributed by atoms with Crippen LogP contribution in [0.1, 0.15) is 25.1 Å². The van der Waals surface area contributed by atoms with Gasteiger partial charge in [-0.3, -0.25) is 4.98 Å². The van der Waals surface area contributed by atoms with Crippen LogP contribution in [0.2, 0.25) is 0 Å². The van der Waals surface area contributed by atoms with Crippen molar-refractivity contribution in [3.8, 4) is 23.7 Å². The maximum atomic E-state index is 9.30. The van der Waals surface area contributed by atoms with E-state index in [-0.39, 0.29) is 0 Å². The molecule has 0 aliphatic heterocycles. The monoisotopic (exact) mass is 199 g/mol. The molecule has 0 aliphatic carbocycles. The average Bonchev–Trinajstić information content (AvgIpc) is 2.14. The van der Waals surface area contributed by atoms with Gasteiger partial charge in [-0.2, -0.15) is 0 Å². The van der Waals surface area contributed by atoms with Crippen LogP contribution in [0.4, 0.5) is 0 Å². The lowest BCUT2D eigenvalue weighted by Gasteiger charge is -2.04. The normalized spacial score (nSPS) is 9.60. The van der Waals surface area contributed by atoms with E-state index in [9.17, 15) is 5.11 Å². The van der Waals surface area contributed by atoms with Crippen LogP contribution in [0.25, 0.3) is 0 Å². The number of nitrogens with zero attached hydrogens (tertiary/aromatic N) is 1. The molecule has 0 aromatic carbocycles. The van der Waals surface area contributed by atoms with Gasteiger partial charge in [0, 0.05) is 17.5 Å². The third-order valence-electron chi connectivity index (χ3n) is 1.55. The summed E-state index contributed by atoms with van der Waals surface area (Å²) in [6.07, 6.45) is 1.70. The van der Waals surface area contributed by atoms with Gasteiger partial charge < -0.3 is 5.11 Å². The molecular weight excluding hydrogens is 186 g/mol. The lowest BCUT2D eigenvalue weighted by Crippen LogP contribution is -2.14. The molecule has 0 amide bonds. The van der Waals surface area contributed by atoms with Crippen molar-refractivity contribution in [1.29, 1.82) is 0 Å². The van der Waals surface area contributed by atoms with Crippen LogP contribution in [0.3, 0.4) is 0 Å². The summed E-state index contributed by atoms with van der Waals surface area (Å²) in [5.74, 6) is 10.7. The van der Waals surface area contributed by atoms with E-state index in [0.717, 1.165) is 11.3 Å². The molecule has 0 spiro atoms. The highest BCUT2D eigenvalue weighted by Crippen LogP contribution is 1.97. The molecule has 0 radical (unpaired) electrons. The molecule has 1 aromatic rings. The van der Waals surface area contributed by atoms with E-state index in [1.165, 1.54) is 0 Å². The van der Waals surface area contributed by atoms with Crippen LogP contribution in [0.15, 0.2) is 18.3 Å². The standard InChI is InChI=1S/C13H13NO/c1-11-7-8-12(10-14-11)6-4-5-9-13(2,3)15/h7-8,10,15H,1-3H3. The maximum absolute atomic E-state index is 9.30. The van der Waals surface area contributed by atoms with Gasteiger partial charge in [0.25, 0.3) is 0 Å². The molecule has 1 aromatic heterocycles. The number of pyridine rings is 1. The maximum Gasteiger partial charge on any atom is 0.120 e. The Kier molecular flexibility index (Phi) is 3.50. The first kappa shape index (κ1) is 11.3.